The van der Waals surface area contributed by atoms with Crippen LogP contribution < -0.4 is 0 Å². The van der Waals surface area contributed by atoms with E-state index in [0.29, 0.717) is 0 Å². The lowest BCUT2D eigenvalue weighted by Crippen LogP contribution is -2.49. The predicted molar refractivity (Wildman–Crippen MR) is 80.6 cm³/mol. The van der Waals surface area contributed by atoms with Crippen LogP contribution >= 0.6 is 0 Å². The molecule has 0 aromatic carbocycles. The van der Waals surface area contributed by atoms with Crippen LogP contribution in [0.2, 0.25) is 0 Å². The molecule has 1 atom stereocenters. The van der Waals surface area contributed by atoms with Gasteiger partial charge in [0.2, 0.25) is 0 Å². The number of hydrogen-bond acceptors (Lipinski definition) is 5. The topological polar surface area (TPSA) is 72.9 Å². The molecule has 1 fully saturated rings. The third kappa shape index (κ3) is 6.65. The number of ether oxygens (including phenoxy) is 1. The summed E-state index contributed by atoms with van der Waals surface area (Å²) in [4.78, 5) is 14.1. The van der Waals surface area contributed by atoms with Gasteiger partial charge in [0.05, 0.1) is 18.9 Å². The van der Waals surface area contributed by atoms with Crippen molar-refractivity contribution < 1.29 is 22.1 Å². The molecule has 1 saturated carbocycles. The van der Waals surface area contributed by atoms with Crippen LogP contribution in [0.1, 0.15) is 53.4 Å². The summed E-state index contributed by atoms with van der Waals surface area (Å²) in [5.74, 6) is 0. The molecule has 0 aromatic heterocycles. The second kappa shape index (κ2) is 6.96. The van der Waals surface area contributed by atoms with Crippen LogP contribution in [0, 0.1) is 0 Å². The van der Waals surface area contributed by atoms with Crippen LogP contribution in [0.3, 0.4) is 0 Å². The van der Waals surface area contributed by atoms with Crippen LogP contribution in [0.25, 0.3) is 0 Å². The molecule has 1 rings (SSSR count). The first kappa shape index (κ1) is 18.2. The van der Waals surface area contributed by atoms with Gasteiger partial charge in [0.15, 0.2) is 0 Å². The first-order chi connectivity index (χ1) is 9.49. The minimum atomic E-state index is -3.52. The fourth-order valence-electron chi connectivity index (χ4n) is 2.49. The largest absolute Gasteiger partial charge is 0.444 e. The van der Waals surface area contributed by atoms with Gasteiger partial charge in [0.1, 0.15) is 5.60 Å². The summed E-state index contributed by atoms with van der Waals surface area (Å²) in [6.45, 7) is 7.18. The summed E-state index contributed by atoms with van der Waals surface area (Å²) >= 11 is 0. The maximum Gasteiger partial charge on any atom is 0.410 e. The second-order valence-corrected chi connectivity index (χ2v) is 8.31. The van der Waals surface area contributed by atoms with Gasteiger partial charge in [0, 0.05) is 6.04 Å². The summed E-state index contributed by atoms with van der Waals surface area (Å²) in [5, 5.41) is 0. The molecule has 0 saturated heterocycles. The van der Waals surface area contributed by atoms with Crippen molar-refractivity contribution in [3.63, 3.8) is 0 Å². The van der Waals surface area contributed by atoms with E-state index in [1.807, 2.05) is 20.8 Å². The molecule has 1 aliphatic carbocycles. The Morgan fingerprint density at radius 3 is 2.24 bits per heavy atom. The van der Waals surface area contributed by atoms with Crippen LogP contribution in [0.5, 0.6) is 0 Å². The van der Waals surface area contributed by atoms with Crippen molar-refractivity contribution in [1.29, 1.82) is 0 Å². The Labute approximate surface area is 127 Å². The molecule has 0 radical (unpaired) electrons. The van der Waals surface area contributed by atoms with E-state index < -0.39 is 21.8 Å². The summed E-state index contributed by atoms with van der Waals surface area (Å²) < 4.78 is 32.5. The Morgan fingerprint density at radius 1 is 1.29 bits per heavy atom. The molecule has 0 aliphatic heterocycles. The zero-order chi connectivity index (χ0) is 16.3. The standard InChI is InChI=1S/C14H27NO5S/c1-11(10-19-21(5,17)18)15(12-8-6-7-9-12)13(16)20-14(2,3)4/h11-12H,6-10H2,1-5H3. The van der Waals surface area contributed by atoms with Gasteiger partial charge in [-0.05, 0) is 40.5 Å². The van der Waals surface area contributed by atoms with Gasteiger partial charge in [0.25, 0.3) is 10.1 Å². The average molecular weight is 321 g/mol. The Kier molecular flexibility index (Phi) is 6.04. The zero-order valence-corrected chi connectivity index (χ0v) is 14.4. The highest BCUT2D eigenvalue weighted by Crippen LogP contribution is 2.27. The monoisotopic (exact) mass is 321 g/mol. The lowest BCUT2D eigenvalue weighted by atomic mass is 10.1. The SMILES string of the molecule is CC(COS(C)(=O)=O)N(C(=O)OC(C)(C)C)C1CCCC1. The van der Waals surface area contributed by atoms with Gasteiger partial charge in [-0.3, -0.25) is 4.18 Å². The molecule has 0 spiro atoms. The highest BCUT2D eigenvalue weighted by molar-refractivity contribution is 7.85. The molecule has 0 aromatic rings. The summed E-state index contributed by atoms with van der Waals surface area (Å²) in [6.07, 6.45) is 4.59. The number of amides is 1. The number of carbonyl (C=O) groups is 1. The maximum atomic E-state index is 12.4. The minimum Gasteiger partial charge on any atom is -0.444 e. The fraction of sp³-hybridized carbons (Fsp3) is 0.929. The van der Waals surface area contributed by atoms with Gasteiger partial charge in [-0.25, -0.2) is 4.79 Å². The lowest BCUT2D eigenvalue weighted by molar-refractivity contribution is 0.00211. The van der Waals surface area contributed by atoms with Crippen molar-refractivity contribution >= 4 is 16.2 Å². The van der Waals surface area contributed by atoms with Crippen molar-refractivity contribution in [3.05, 3.63) is 0 Å². The quantitative estimate of drug-likeness (QED) is 0.728. The molecule has 1 aliphatic rings. The highest BCUT2D eigenvalue weighted by atomic mass is 32.2. The second-order valence-electron chi connectivity index (χ2n) is 6.66. The Morgan fingerprint density at radius 2 is 1.81 bits per heavy atom. The van der Waals surface area contributed by atoms with E-state index >= 15 is 0 Å². The van der Waals surface area contributed by atoms with E-state index in [2.05, 4.69) is 0 Å². The Bertz CT molecular complexity index is 448. The van der Waals surface area contributed by atoms with Crippen molar-refractivity contribution in [2.45, 2.75) is 71.1 Å². The molecule has 0 N–H and O–H groups in total. The van der Waals surface area contributed by atoms with Gasteiger partial charge in [-0.2, -0.15) is 8.42 Å². The van der Waals surface area contributed by atoms with Gasteiger partial charge < -0.3 is 9.64 Å². The van der Waals surface area contributed by atoms with E-state index in [1.54, 1.807) is 11.8 Å². The van der Waals surface area contributed by atoms with E-state index in [-0.39, 0.29) is 18.7 Å². The predicted octanol–water partition coefficient (Wildman–Crippen LogP) is 2.53. The Balaban J connectivity index is 2.78. The van der Waals surface area contributed by atoms with Crippen molar-refractivity contribution in [2.75, 3.05) is 12.9 Å². The van der Waals surface area contributed by atoms with Crippen molar-refractivity contribution in [1.82, 2.24) is 4.90 Å². The van der Waals surface area contributed by atoms with Crippen LogP contribution in [-0.4, -0.2) is 50.0 Å². The first-order valence-electron chi connectivity index (χ1n) is 7.35. The van der Waals surface area contributed by atoms with Crippen LogP contribution in [0.15, 0.2) is 0 Å². The number of hydrogen-bond donors (Lipinski definition) is 0. The third-order valence-corrected chi connectivity index (χ3v) is 3.88. The zero-order valence-electron chi connectivity index (χ0n) is 13.6. The number of rotatable bonds is 5. The van der Waals surface area contributed by atoms with Gasteiger partial charge >= 0.3 is 6.09 Å². The van der Waals surface area contributed by atoms with E-state index in [9.17, 15) is 13.2 Å². The summed E-state index contributed by atoms with van der Waals surface area (Å²) in [5.41, 5.74) is -0.578. The normalized spacial score (nSPS) is 18.5. The van der Waals surface area contributed by atoms with Crippen LogP contribution in [0.4, 0.5) is 4.79 Å². The molecule has 124 valence electrons. The number of carbonyl (C=O) groups excluding carboxylic acids is 1. The molecule has 6 nitrogen and oxygen atoms in total. The van der Waals surface area contributed by atoms with Crippen molar-refractivity contribution in [2.24, 2.45) is 0 Å². The van der Waals surface area contributed by atoms with Crippen LogP contribution in [-0.2, 0) is 19.0 Å². The molecular formula is C14H27NO5S. The molecule has 21 heavy (non-hydrogen) atoms. The average Bonchev–Trinajstić information content (AvgIpc) is 2.76. The fourth-order valence-corrected chi connectivity index (χ4v) is 2.93. The molecule has 0 heterocycles. The lowest BCUT2D eigenvalue weighted by Gasteiger charge is -2.35. The highest BCUT2D eigenvalue weighted by Gasteiger charge is 2.34. The smallest absolute Gasteiger partial charge is 0.410 e. The van der Waals surface area contributed by atoms with Crippen molar-refractivity contribution in [3.8, 4) is 0 Å². The minimum absolute atomic E-state index is 0.0470. The van der Waals surface area contributed by atoms with E-state index in [1.165, 1.54) is 0 Å². The van der Waals surface area contributed by atoms with Gasteiger partial charge in [-0.15, -0.1) is 0 Å². The first-order valence-corrected chi connectivity index (χ1v) is 9.17. The van der Waals surface area contributed by atoms with E-state index in [4.69, 9.17) is 8.92 Å². The molecule has 1 amide bonds. The third-order valence-electron chi connectivity index (χ3n) is 3.32. The van der Waals surface area contributed by atoms with E-state index in [0.717, 1.165) is 31.9 Å². The molecular weight excluding hydrogens is 294 g/mol. The summed E-state index contributed by atoms with van der Waals surface area (Å²) in [7, 11) is -3.52. The molecule has 1 unspecified atom stereocenters. The Hall–Kier alpha value is -0.820. The summed E-state index contributed by atoms with van der Waals surface area (Å²) in [6, 6.07) is -0.254. The molecule has 0 bridgehead atoms. The van der Waals surface area contributed by atoms with Gasteiger partial charge in [-0.1, -0.05) is 12.8 Å². The number of nitrogens with zero attached hydrogens (tertiary/aromatic N) is 1. The molecule has 7 heteroatoms. The maximum absolute atomic E-state index is 12.4.